The van der Waals surface area contributed by atoms with Gasteiger partial charge in [0.25, 0.3) is 0 Å². The Morgan fingerprint density at radius 3 is 3.06 bits per heavy atom. The predicted octanol–water partition coefficient (Wildman–Crippen LogP) is 2.09. The number of hydrogen-bond donors (Lipinski definition) is 1. The first-order valence-electron chi connectivity index (χ1n) is 5.23. The van der Waals surface area contributed by atoms with E-state index in [1.807, 2.05) is 30.5 Å². The molecular formula is C12H11N3O2. The first-order chi connectivity index (χ1) is 8.40. The lowest BCUT2D eigenvalue weighted by molar-refractivity contribution is 0.0489. The van der Waals surface area contributed by atoms with E-state index in [2.05, 4.69) is 15.2 Å². The largest absolute Gasteiger partial charge is 0.449 e. The molecule has 5 heteroatoms. The lowest BCUT2D eigenvalue weighted by atomic mass is 10.1. The molecule has 0 unspecified atom stereocenters. The van der Waals surface area contributed by atoms with Gasteiger partial charge in [0, 0.05) is 18.7 Å². The third kappa shape index (κ3) is 1.60. The zero-order valence-electron chi connectivity index (χ0n) is 9.30. The number of hydrogen-bond acceptors (Lipinski definition) is 4. The molecule has 0 saturated carbocycles. The molecule has 0 amide bonds. The molecule has 2 heterocycles. The third-order valence-electron chi connectivity index (χ3n) is 2.59. The van der Waals surface area contributed by atoms with Crippen LogP contribution in [0.25, 0.3) is 21.8 Å². The van der Waals surface area contributed by atoms with Crippen LogP contribution in [0.5, 0.6) is 5.88 Å². The Balaban J connectivity index is 2.27. The number of nitrogens with one attached hydrogen (secondary N) is 1. The molecule has 5 nitrogen and oxygen atoms in total. The van der Waals surface area contributed by atoms with Crippen molar-refractivity contribution in [3.8, 4) is 5.88 Å². The summed E-state index contributed by atoms with van der Waals surface area (Å²) in [5, 5.41) is 9.96. The number of rotatable bonds is 3. The second-order valence-corrected chi connectivity index (χ2v) is 3.65. The zero-order chi connectivity index (χ0) is 11.7. The molecule has 0 aliphatic rings. The Kier molecular flexibility index (Phi) is 2.38. The van der Waals surface area contributed by atoms with Crippen molar-refractivity contribution in [3.05, 3.63) is 30.5 Å². The Morgan fingerprint density at radius 1 is 1.29 bits per heavy atom. The maximum absolute atomic E-state index is 5.41. The average Bonchev–Trinajstić information content (AvgIpc) is 2.80. The third-order valence-corrected chi connectivity index (χ3v) is 2.59. The number of nitrogens with zero attached hydrogens (tertiary/aromatic N) is 2. The van der Waals surface area contributed by atoms with Crippen LogP contribution < -0.4 is 4.74 Å². The minimum absolute atomic E-state index is 0.170. The van der Waals surface area contributed by atoms with E-state index >= 15 is 0 Å². The molecule has 0 fully saturated rings. The van der Waals surface area contributed by atoms with E-state index in [1.165, 1.54) is 0 Å². The molecule has 0 atom stereocenters. The van der Waals surface area contributed by atoms with Crippen LogP contribution in [0.3, 0.4) is 0 Å². The molecular weight excluding hydrogens is 218 g/mol. The van der Waals surface area contributed by atoms with Gasteiger partial charge < -0.3 is 9.47 Å². The summed E-state index contributed by atoms with van der Waals surface area (Å²) in [6.07, 6.45) is 1.82. The summed E-state index contributed by atoms with van der Waals surface area (Å²) in [5.74, 6) is 0.520. The van der Waals surface area contributed by atoms with Gasteiger partial charge in [-0.3, -0.25) is 5.10 Å². The summed E-state index contributed by atoms with van der Waals surface area (Å²) in [6, 6.07) is 7.99. The molecule has 86 valence electrons. The van der Waals surface area contributed by atoms with Crippen LogP contribution in [0, 0.1) is 0 Å². The number of pyridine rings is 1. The quantitative estimate of drug-likeness (QED) is 0.698. The number of H-pyrrole nitrogens is 1. The number of fused-ring (bicyclic) bond motifs is 3. The van der Waals surface area contributed by atoms with Crippen LogP contribution in [-0.2, 0) is 4.74 Å². The van der Waals surface area contributed by atoms with Crippen molar-refractivity contribution in [2.24, 2.45) is 0 Å². The van der Waals surface area contributed by atoms with Crippen molar-refractivity contribution in [2.45, 2.75) is 0 Å². The number of aromatic nitrogens is 3. The fourth-order valence-electron chi connectivity index (χ4n) is 1.84. The molecule has 1 N–H and O–H groups in total. The van der Waals surface area contributed by atoms with Gasteiger partial charge in [-0.2, -0.15) is 0 Å². The van der Waals surface area contributed by atoms with Crippen molar-refractivity contribution in [1.82, 2.24) is 15.2 Å². The van der Waals surface area contributed by atoms with E-state index in [1.54, 1.807) is 7.11 Å². The number of aromatic amines is 1. The molecule has 3 rings (SSSR count). The molecule has 0 aliphatic heterocycles. The monoisotopic (exact) mass is 229 g/mol. The van der Waals surface area contributed by atoms with Crippen LogP contribution in [0.4, 0.5) is 0 Å². The highest BCUT2D eigenvalue weighted by atomic mass is 16.7. The van der Waals surface area contributed by atoms with Gasteiger partial charge in [-0.1, -0.05) is 24.3 Å². The van der Waals surface area contributed by atoms with Crippen molar-refractivity contribution in [3.63, 3.8) is 0 Å². The van der Waals surface area contributed by atoms with Crippen LogP contribution in [-0.4, -0.2) is 29.1 Å². The topological polar surface area (TPSA) is 60.0 Å². The van der Waals surface area contributed by atoms with Crippen LogP contribution in [0.1, 0.15) is 0 Å². The Hall–Kier alpha value is -2.14. The fourth-order valence-corrected chi connectivity index (χ4v) is 1.84. The van der Waals surface area contributed by atoms with Crippen molar-refractivity contribution >= 4 is 21.8 Å². The van der Waals surface area contributed by atoms with Crippen LogP contribution >= 0.6 is 0 Å². The molecule has 3 aromatic rings. The molecule has 0 saturated heterocycles. The number of methoxy groups -OCH3 is 1. The standard InChI is InChI=1S/C12H11N3O2/c1-16-7-17-12-10-9-5-3-2-4-8(9)6-13-11(10)14-15-12/h2-6H,7H2,1H3,(H,13,14,15). The Morgan fingerprint density at radius 2 is 2.18 bits per heavy atom. The van der Waals surface area contributed by atoms with Crippen molar-refractivity contribution in [2.75, 3.05) is 13.9 Å². The Bertz CT molecular complexity index is 663. The van der Waals surface area contributed by atoms with Gasteiger partial charge in [0.2, 0.25) is 5.88 Å². The Labute approximate surface area is 97.4 Å². The lowest BCUT2D eigenvalue weighted by Crippen LogP contribution is -1.99. The second-order valence-electron chi connectivity index (χ2n) is 3.65. The highest BCUT2D eigenvalue weighted by molar-refractivity contribution is 6.06. The molecule has 0 spiro atoms. The van der Waals surface area contributed by atoms with Crippen molar-refractivity contribution in [1.29, 1.82) is 0 Å². The molecule has 0 bridgehead atoms. The maximum Gasteiger partial charge on any atom is 0.244 e. The summed E-state index contributed by atoms with van der Waals surface area (Å²) in [6.45, 7) is 0.170. The molecule has 1 aromatic carbocycles. The predicted molar refractivity (Wildman–Crippen MR) is 63.9 cm³/mol. The second kappa shape index (κ2) is 4.03. The van der Waals surface area contributed by atoms with Gasteiger partial charge >= 0.3 is 0 Å². The molecule has 2 aromatic heterocycles. The highest BCUT2D eigenvalue weighted by Gasteiger charge is 2.11. The molecule has 17 heavy (non-hydrogen) atoms. The van der Waals surface area contributed by atoms with Gasteiger partial charge in [-0.05, 0) is 5.39 Å². The first-order valence-corrected chi connectivity index (χ1v) is 5.23. The smallest absolute Gasteiger partial charge is 0.244 e. The average molecular weight is 229 g/mol. The van der Waals surface area contributed by atoms with E-state index in [0.717, 1.165) is 21.8 Å². The fraction of sp³-hybridized carbons (Fsp3) is 0.167. The summed E-state index contributed by atoms with van der Waals surface area (Å²) in [7, 11) is 1.57. The lowest BCUT2D eigenvalue weighted by Gasteiger charge is -2.02. The zero-order valence-corrected chi connectivity index (χ0v) is 9.30. The van der Waals surface area contributed by atoms with Gasteiger partial charge in [-0.15, -0.1) is 5.10 Å². The minimum atomic E-state index is 0.170. The maximum atomic E-state index is 5.41. The van der Waals surface area contributed by atoms with Crippen molar-refractivity contribution < 1.29 is 9.47 Å². The van der Waals surface area contributed by atoms with E-state index in [9.17, 15) is 0 Å². The van der Waals surface area contributed by atoms with Gasteiger partial charge in [-0.25, -0.2) is 4.98 Å². The molecule has 0 aliphatic carbocycles. The number of benzene rings is 1. The SMILES string of the molecule is COCOc1n[nH]c2ncc3ccccc3c12. The summed E-state index contributed by atoms with van der Waals surface area (Å²) < 4.78 is 10.3. The minimum Gasteiger partial charge on any atom is -0.449 e. The van der Waals surface area contributed by atoms with E-state index in [-0.39, 0.29) is 6.79 Å². The van der Waals surface area contributed by atoms with E-state index in [4.69, 9.17) is 9.47 Å². The first kappa shape index (κ1) is 10.0. The van der Waals surface area contributed by atoms with E-state index in [0.29, 0.717) is 5.88 Å². The van der Waals surface area contributed by atoms with Gasteiger partial charge in [0.05, 0.1) is 5.39 Å². The highest BCUT2D eigenvalue weighted by Crippen LogP contribution is 2.29. The normalized spacial score (nSPS) is 11.1. The van der Waals surface area contributed by atoms with E-state index < -0.39 is 0 Å². The molecule has 0 radical (unpaired) electrons. The van der Waals surface area contributed by atoms with Crippen LogP contribution in [0.15, 0.2) is 30.5 Å². The van der Waals surface area contributed by atoms with Gasteiger partial charge in [0.1, 0.15) is 0 Å². The summed E-state index contributed by atoms with van der Waals surface area (Å²) in [5.41, 5.74) is 0.717. The van der Waals surface area contributed by atoms with Gasteiger partial charge in [0.15, 0.2) is 12.4 Å². The summed E-state index contributed by atoms with van der Waals surface area (Å²) >= 11 is 0. The number of ether oxygens (including phenoxy) is 2. The summed E-state index contributed by atoms with van der Waals surface area (Å²) in [4.78, 5) is 4.30. The van der Waals surface area contributed by atoms with Crippen LogP contribution in [0.2, 0.25) is 0 Å².